The van der Waals surface area contributed by atoms with E-state index in [0.29, 0.717) is 88.0 Å². The SMILES string of the molecule is CN[C@@H](C)C(=O)N[C@H](C(=O)N1C[C@@H]2C[C@H]1C(=O)C[C@@H](Cc1ccccc1)C(=O)N[C@H](C(=O)O)Cc1ccc(cc1)OCCCn1cc(nn1)-c1cccc(c1)-c1cn(nn1)[C@H]1C[C@@H](C(=O)N[C@@H](Cc3ccccc3)C(=O)C[C@H](C(=O)O)Cc3ccc(cc3)OCCCn3cc(nn3)-c3cccc(c3)-c3cn2nn3)N(C(=O)[C@@H](NC(=O)[C@H](C)NC)C(C)C)C1)C(C)C. The lowest BCUT2D eigenvalue weighted by atomic mass is 9.90. The van der Waals surface area contributed by atoms with Gasteiger partial charge in [0, 0.05) is 92.9 Å². The minimum absolute atomic E-state index is 0.00749. The van der Waals surface area contributed by atoms with Crippen molar-refractivity contribution >= 4 is 58.9 Å². The maximum atomic E-state index is 15.3. The molecule has 12 atom stereocenters. The van der Waals surface area contributed by atoms with Crippen molar-refractivity contribution < 1.29 is 67.6 Å². The van der Waals surface area contributed by atoms with Crippen LogP contribution in [0.3, 0.4) is 0 Å². The Morgan fingerprint density at radius 1 is 0.468 bits per heavy atom. The average molecular weight is 1720 g/mol. The Balaban J connectivity index is 0.758. The van der Waals surface area contributed by atoms with E-state index in [9.17, 15) is 39.0 Å². The first kappa shape index (κ1) is 90.2. The molecule has 0 unspecified atom stereocenters. The molecule has 0 aliphatic carbocycles. The summed E-state index contributed by atoms with van der Waals surface area (Å²) in [6.45, 7) is 11.9. The van der Waals surface area contributed by atoms with E-state index in [0.717, 1.165) is 16.7 Å². The van der Waals surface area contributed by atoms with Crippen LogP contribution in [-0.4, -0.2) is 228 Å². The van der Waals surface area contributed by atoms with Crippen LogP contribution >= 0.6 is 0 Å². The quantitative estimate of drug-likeness (QED) is 0.0482. The fraction of sp³-hybridized carbons (Fsp3) is 0.413. The van der Waals surface area contributed by atoms with Crippen LogP contribution in [-0.2, 0) is 86.7 Å². The molecule has 2 saturated heterocycles. The highest BCUT2D eigenvalue weighted by molar-refractivity contribution is 5.98. The fourth-order valence-electron chi connectivity index (χ4n) is 16.0. The summed E-state index contributed by atoms with van der Waals surface area (Å²) in [6, 6.07) is 37.3. The predicted molar refractivity (Wildman–Crippen MR) is 464 cm³/mol. The van der Waals surface area contributed by atoms with Crippen LogP contribution in [0.25, 0.3) is 45.0 Å². The molecule has 660 valence electrons. The summed E-state index contributed by atoms with van der Waals surface area (Å²) in [5.74, 6) is -8.78. The zero-order valence-electron chi connectivity index (χ0n) is 71.8. The van der Waals surface area contributed by atoms with Gasteiger partial charge in [0.05, 0.1) is 80.2 Å². The van der Waals surface area contributed by atoms with Crippen LogP contribution < -0.4 is 41.4 Å². The Hall–Kier alpha value is -13.5. The molecule has 6 aliphatic heterocycles. The summed E-state index contributed by atoms with van der Waals surface area (Å²) < 4.78 is 18.9. The van der Waals surface area contributed by atoms with Crippen molar-refractivity contribution in [2.24, 2.45) is 23.7 Å². The topological polar surface area (TPSA) is 431 Å². The second-order valence-electron chi connectivity index (χ2n) is 33.3. The van der Waals surface area contributed by atoms with Gasteiger partial charge in [0.1, 0.15) is 58.4 Å². The number of aryl methyl sites for hydroxylation is 2. The van der Waals surface area contributed by atoms with Gasteiger partial charge < -0.3 is 61.4 Å². The molecule has 34 heteroatoms. The molecule has 20 bridgehead atoms. The maximum absolute atomic E-state index is 15.3. The smallest absolute Gasteiger partial charge is 0.326 e. The zero-order valence-corrected chi connectivity index (χ0v) is 71.8. The fourth-order valence-corrected chi connectivity index (χ4v) is 16.0. The molecular formula is C92H108N20O14. The standard InChI is InChI=1S/C92H108N20O14/c1-55(2)83(97-85(115)57(5)93-7)89(119)109-49-69-47-79(109)82(114)45-67(39-59-19-11-9-12-20-59)87(117)96-74(92(123)124)42-62-29-33-72(34-30-62)126-38-18-36-108-52-76(100-104-108)64-24-16-26-66(44-64)78-54-112(106-102-78)70-48-80(110(50-70)90(120)84(56(3)4)98-86(116)58(6)94-8)88(118)95-73(41-60-21-13-10-14-22-60)81(113)46-68(91(121)122)40-61-27-31-71(32-28-61)125-37-17-35-107-51-75(99-103-107)63-23-15-25-65(43-63)77-53-111(69)105-101-77/h9-16,19-34,43-44,51-58,67-70,73-74,79-80,83-84,93-94H,17-18,35-42,45-50H2,1-8H3,(H,95,118)(H,96,117)(H,97,115)(H,98,116)(H,121,122)(H,123,124)/t57-,58-,67+,68+,69-,70-,73-,74-,79-,80-,83-,84-/m0/s1. The van der Waals surface area contributed by atoms with Gasteiger partial charge in [0.2, 0.25) is 35.4 Å². The summed E-state index contributed by atoms with van der Waals surface area (Å²) in [6.07, 6.45) is 7.34. The molecule has 0 spiro atoms. The number of carbonyl (C=O) groups is 10. The second-order valence-corrected chi connectivity index (χ2v) is 33.3. The molecule has 126 heavy (non-hydrogen) atoms. The van der Waals surface area contributed by atoms with E-state index < -0.39 is 149 Å². The van der Waals surface area contributed by atoms with Gasteiger partial charge >= 0.3 is 11.9 Å². The highest BCUT2D eigenvalue weighted by atomic mass is 16.5. The Labute approximate surface area is 729 Å². The number of ketones is 2. The van der Waals surface area contributed by atoms with Crippen molar-refractivity contribution in [3.05, 3.63) is 205 Å². The normalized spacial score (nSPS) is 20.6. The van der Waals surface area contributed by atoms with Crippen LogP contribution in [0.4, 0.5) is 0 Å². The molecular weight excluding hydrogens is 1610 g/mol. The van der Waals surface area contributed by atoms with Crippen LogP contribution in [0.15, 0.2) is 183 Å². The largest absolute Gasteiger partial charge is 0.494 e. The first-order valence-electron chi connectivity index (χ1n) is 42.8. The number of Topliss-reactive ketones (excluding diaryl/α,β-unsaturated/α-hetero) is 2. The van der Waals surface area contributed by atoms with E-state index in [2.05, 4.69) is 73.1 Å². The highest BCUT2D eigenvalue weighted by Gasteiger charge is 2.47. The monoisotopic (exact) mass is 1720 g/mol. The van der Waals surface area contributed by atoms with Crippen molar-refractivity contribution in [1.82, 2.24) is 102 Å². The minimum Gasteiger partial charge on any atom is -0.494 e. The Kier molecular flexibility index (Phi) is 29.9. The third-order valence-electron chi connectivity index (χ3n) is 23.6. The second kappa shape index (κ2) is 41.8. The summed E-state index contributed by atoms with van der Waals surface area (Å²) in [5, 5.41) is 74.8. The number of aromatic nitrogens is 12. The molecule has 0 radical (unpaired) electrons. The van der Waals surface area contributed by atoms with Crippen molar-refractivity contribution in [2.75, 3.05) is 40.4 Å². The van der Waals surface area contributed by atoms with Gasteiger partial charge in [0.15, 0.2) is 11.6 Å². The molecule has 0 saturated carbocycles. The first-order chi connectivity index (χ1) is 60.7. The van der Waals surface area contributed by atoms with Crippen molar-refractivity contribution in [1.29, 1.82) is 0 Å². The van der Waals surface area contributed by atoms with Crippen LogP contribution in [0.1, 0.15) is 114 Å². The van der Waals surface area contributed by atoms with Gasteiger partial charge in [-0.25, -0.2) is 14.2 Å². The summed E-state index contributed by atoms with van der Waals surface area (Å²) in [5.41, 5.74) is 7.52. The molecule has 10 heterocycles. The Morgan fingerprint density at radius 2 is 0.905 bits per heavy atom. The van der Waals surface area contributed by atoms with Crippen molar-refractivity contribution in [3.63, 3.8) is 0 Å². The number of rotatable bonds is 16. The van der Waals surface area contributed by atoms with E-state index in [-0.39, 0.29) is 71.2 Å². The number of amides is 6. The number of nitrogens with zero attached hydrogens (tertiary/aromatic N) is 14. The third kappa shape index (κ3) is 22.9. The molecule has 6 aromatic carbocycles. The van der Waals surface area contributed by atoms with E-state index in [1.807, 2.05) is 91.1 Å². The summed E-state index contributed by atoms with van der Waals surface area (Å²) in [7, 11) is 3.26. The number of nitrogens with one attached hydrogen (secondary N) is 6. The van der Waals surface area contributed by atoms with Crippen molar-refractivity contribution in [3.8, 4) is 56.5 Å². The Bertz CT molecular complexity index is 5130. The van der Waals surface area contributed by atoms with Gasteiger partial charge in [-0.15, -0.1) is 20.4 Å². The van der Waals surface area contributed by atoms with E-state index in [4.69, 9.17) is 9.47 Å². The number of hydrogen-bond acceptors (Lipinski definition) is 22. The average Bonchev–Trinajstić information content (AvgIpc) is 1.64. The van der Waals surface area contributed by atoms with E-state index >= 15 is 19.2 Å². The summed E-state index contributed by atoms with van der Waals surface area (Å²) in [4.78, 5) is 146. The lowest BCUT2D eigenvalue weighted by Gasteiger charge is -2.31. The molecule has 6 aliphatic rings. The molecule has 2 fully saturated rings. The van der Waals surface area contributed by atoms with E-state index in [1.165, 1.54) is 9.80 Å². The third-order valence-corrected chi connectivity index (χ3v) is 23.6. The minimum atomic E-state index is -1.41. The number of carboxylic acid groups (broad SMARTS) is 2. The molecule has 10 aromatic rings. The maximum Gasteiger partial charge on any atom is 0.326 e. The molecule has 34 nitrogen and oxygen atoms in total. The van der Waals surface area contributed by atoms with Gasteiger partial charge in [-0.3, -0.25) is 52.5 Å². The number of likely N-dealkylation sites (N-methyl/N-ethyl adjacent to an activating group) is 2. The van der Waals surface area contributed by atoms with Gasteiger partial charge in [-0.2, -0.15) is 0 Å². The number of benzene rings is 6. The number of carbonyl (C=O) groups excluding carboxylic acids is 8. The molecule has 16 rings (SSSR count). The van der Waals surface area contributed by atoms with Gasteiger partial charge in [-0.1, -0.05) is 170 Å². The first-order valence-corrected chi connectivity index (χ1v) is 42.8. The number of likely N-dealkylation sites (tertiary alicyclic amines) is 2. The highest BCUT2D eigenvalue weighted by Crippen LogP contribution is 2.36. The van der Waals surface area contributed by atoms with Crippen LogP contribution in [0.5, 0.6) is 11.5 Å². The summed E-state index contributed by atoms with van der Waals surface area (Å²) >= 11 is 0. The zero-order chi connectivity index (χ0) is 89.2. The molecule has 6 amide bonds. The van der Waals surface area contributed by atoms with E-state index in [1.54, 1.807) is 166 Å². The lowest BCUT2D eigenvalue weighted by molar-refractivity contribution is -0.144. The molecule has 4 aromatic heterocycles. The number of ether oxygens (including phenoxy) is 2. The van der Waals surface area contributed by atoms with Crippen LogP contribution in [0, 0.1) is 23.7 Å². The number of hydrogen-bond donors (Lipinski definition) is 8. The molecule has 8 N–H and O–H groups in total. The lowest BCUT2D eigenvalue weighted by Crippen LogP contribution is -2.58. The number of carboxylic acids is 2. The van der Waals surface area contributed by atoms with Crippen molar-refractivity contribution in [2.45, 2.75) is 179 Å². The number of aliphatic carboxylic acids is 2. The van der Waals surface area contributed by atoms with Gasteiger partial charge in [0.25, 0.3) is 0 Å². The predicted octanol–water partition coefficient (Wildman–Crippen LogP) is 7.01. The van der Waals surface area contributed by atoms with Gasteiger partial charge in [-0.05, 0) is 124 Å². The van der Waals surface area contributed by atoms with Crippen LogP contribution in [0.2, 0.25) is 0 Å². The Morgan fingerprint density at radius 3 is 1.36 bits per heavy atom.